The third-order valence-electron chi connectivity index (χ3n) is 6.49. The molecule has 1 aliphatic heterocycles. The summed E-state index contributed by atoms with van der Waals surface area (Å²) in [4.78, 5) is 61.9. The van der Waals surface area contributed by atoms with E-state index >= 15 is 0 Å². The van der Waals surface area contributed by atoms with Crippen molar-refractivity contribution in [2.24, 2.45) is 10.2 Å². The molecule has 0 saturated carbocycles. The summed E-state index contributed by atoms with van der Waals surface area (Å²) in [7, 11) is 0. The Morgan fingerprint density at radius 1 is 0.976 bits per heavy atom. The van der Waals surface area contributed by atoms with Crippen LogP contribution in [-0.4, -0.2) is 52.1 Å². The van der Waals surface area contributed by atoms with Crippen molar-refractivity contribution in [2.75, 3.05) is 29.9 Å². The summed E-state index contributed by atoms with van der Waals surface area (Å²) in [6.45, 7) is 4.46. The number of halogens is 1. The van der Waals surface area contributed by atoms with Crippen LogP contribution in [0.5, 0.6) is 0 Å². The number of nitro benzene ring substituents is 2. The van der Waals surface area contributed by atoms with Crippen LogP contribution < -0.4 is 10.2 Å². The lowest BCUT2D eigenvalue weighted by Gasteiger charge is -2.26. The van der Waals surface area contributed by atoms with E-state index in [2.05, 4.69) is 15.5 Å². The number of likely N-dealkylation sites (N-methyl/N-ethyl adjacent to an activating group) is 1. The summed E-state index contributed by atoms with van der Waals surface area (Å²) >= 11 is 6.07. The minimum Gasteiger partial charge on any atom is -0.370 e. The number of amides is 3. The summed E-state index contributed by atoms with van der Waals surface area (Å²) < 4.78 is 0. The largest absolute Gasteiger partial charge is 0.370 e. The Labute approximate surface area is 243 Å². The van der Waals surface area contributed by atoms with Crippen LogP contribution in [0.1, 0.15) is 41.0 Å². The molecule has 0 saturated heterocycles. The number of carbonyl (C=O) groups is 3. The van der Waals surface area contributed by atoms with Gasteiger partial charge >= 0.3 is 5.69 Å². The molecule has 0 aromatic heterocycles. The van der Waals surface area contributed by atoms with Gasteiger partial charge in [0.15, 0.2) is 5.69 Å². The van der Waals surface area contributed by atoms with Crippen molar-refractivity contribution < 1.29 is 24.2 Å². The first kappa shape index (κ1) is 29.7. The van der Waals surface area contributed by atoms with Gasteiger partial charge in [-0.15, -0.1) is 10.2 Å². The monoisotopic (exact) mass is 593 g/mol. The number of nitrogens with one attached hydrogen (secondary N) is 1. The Kier molecular flexibility index (Phi) is 8.86. The van der Waals surface area contributed by atoms with Crippen LogP contribution in [0.4, 0.5) is 34.1 Å². The van der Waals surface area contributed by atoms with Crippen LogP contribution in [0.25, 0.3) is 0 Å². The maximum absolute atomic E-state index is 12.8. The van der Waals surface area contributed by atoms with E-state index < -0.39 is 21.2 Å². The Morgan fingerprint density at radius 2 is 1.64 bits per heavy atom. The summed E-state index contributed by atoms with van der Waals surface area (Å²) in [5, 5.41) is 33.0. The van der Waals surface area contributed by atoms with Gasteiger partial charge in [-0.2, -0.15) is 0 Å². The van der Waals surface area contributed by atoms with Gasteiger partial charge in [0.2, 0.25) is 5.91 Å². The molecule has 0 bridgehead atoms. The molecule has 0 unspecified atom stereocenters. The van der Waals surface area contributed by atoms with Crippen LogP contribution in [0, 0.1) is 20.2 Å². The molecule has 15 heteroatoms. The first-order chi connectivity index (χ1) is 20.0. The van der Waals surface area contributed by atoms with Crippen LogP contribution in [0.3, 0.4) is 0 Å². The summed E-state index contributed by atoms with van der Waals surface area (Å²) in [5.74, 6) is -1.06. The van der Waals surface area contributed by atoms with E-state index in [0.29, 0.717) is 29.9 Å². The number of rotatable bonds is 11. The van der Waals surface area contributed by atoms with Crippen LogP contribution in [-0.2, 0) is 4.79 Å². The lowest BCUT2D eigenvalue weighted by atomic mass is 10.1. The lowest BCUT2D eigenvalue weighted by molar-refractivity contribution is -0.393. The van der Waals surface area contributed by atoms with E-state index in [4.69, 9.17) is 11.6 Å². The number of anilines is 2. The molecule has 1 heterocycles. The molecule has 216 valence electrons. The summed E-state index contributed by atoms with van der Waals surface area (Å²) in [5.41, 5.74) is 0.0601. The van der Waals surface area contributed by atoms with Crippen molar-refractivity contribution in [3.8, 4) is 0 Å². The molecule has 0 radical (unpaired) electrons. The number of benzene rings is 3. The number of nitro groups is 2. The highest BCUT2D eigenvalue weighted by atomic mass is 35.5. The zero-order valence-corrected chi connectivity index (χ0v) is 23.2. The van der Waals surface area contributed by atoms with Crippen molar-refractivity contribution in [1.82, 2.24) is 4.90 Å². The van der Waals surface area contributed by atoms with Gasteiger partial charge in [0.05, 0.1) is 37.7 Å². The fourth-order valence-electron chi connectivity index (χ4n) is 4.30. The number of hydrogen-bond acceptors (Lipinski definition) is 10. The van der Waals surface area contributed by atoms with Gasteiger partial charge in [0, 0.05) is 37.8 Å². The maximum Gasteiger partial charge on any atom is 0.305 e. The highest BCUT2D eigenvalue weighted by Gasteiger charge is 2.35. The molecule has 0 fully saturated rings. The molecule has 3 aromatic carbocycles. The number of hydrogen-bond donors (Lipinski definition) is 1. The minimum absolute atomic E-state index is 0.126. The van der Waals surface area contributed by atoms with Gasteiger partial charge in [-0.3, -0.25) is 39.5 Å². The quantitative estimate of drug-likeness (QED) is 0.121. The number of carbonyl (C=O) groups excluding carboxylic acids is 3. The third kappa shape index (κ3) is 6.07. The fourth-order valence-corrected chi connectivity index (χ4v) is 4.54. The third-order valence-corrected chi connectivity index (χ3v) is 6.78. The van der Waals surface area contributed by atoms with E-state index in [9.17, 15) is 34.6 Å². The Balaban J connectivity index is 1.62. The normalized spacial score (nSPS) is 12.5. The second-order valence-electron chi connectivity index (χ2n) is 9.00. The van der Waals surface area contributed by atoms with Crippen molar-refractivity contribution in [1.29, 1.82) is 0 Å². The van der Waals surface area contributed by atoms with Crippen LogP contribution in [0.15, 0.2) is 64.8 Å². The zero-order valence-electron chi connectivity index (χ0n) is 22.4. The standard InChI is InChI=1S/C27H24ClN7O7/c1-3-24(36)29-22-14-16(32(4-2)11-12-33-26(37)18-7-5-6-8-19(18)27(33)38)9-10-21(22)30-31-25-20(28)13-17(34(39)40)15-23(25)35(41)42/h5-10,13-15H,3-4,11-12H2,1-2H3,(H,29,36)/b31-30+. The second kappa shape index (κ2) is 12.5. The number of nitrogens with zero attached hydrogens (tertiary/aromatic N) is 6. The highest BCUT2D eigenvalue weighted by Crippen LogP contribution is 2.40. The number of non-ortho nitro benzene ring substituents is 1. The topological polar surface area (TPSA) is 181 Å². The van der Waals surface area contributed by atoms with Gasteiger partial charge < -0.3 is 10.2 Å². The average molecular weight is 594 g/mol. The molecule has 3 amide bonds. The maximum atomic E-state index is 12.8. The molecule has 4 rings (SSSR count). The minimum atomic E-state index is -0.858. The predicted octanol–water partition coefficient (Wildman–Crippen LogP) is 6.04. The first-order valence-corrected chi connectivity index (χ1v) is 13.1. The van der Waals surface area contributed by atoms with Crippen molar-refractivity contribution >= 4 is 63.4 Å². The van der Waals surface area contributed by atoms with E-state index in [-0.39, 0.29) is 52.8 Å². The van der Waals surface area contributed by atoms with Gasteiger partial charge in [0.1, 0.15) is 5.69 Å². The molecule has 0 aliphatic carbocycles. The molecule has 14 nitrogen and oxygen atoms in total. The molecular formula is C27H24ClN7O7. The van der Waals surface area contributed by atoms with Crippen molar-refractivity contribution in [3.05, 3.63) is 91.0 Å². The van der Waals surface area contributed by atoms with E-state index in [1.54, 1.807) is 43.3 Å². The number of imide groups is 1. The molecule has 0 spiro atoms. The van der Waals surface area contributed by atoms with Crippen LogP contribution >= 0.6 is 11.6 Å². The Bertz CT molecular complexity index is 1610. The highest BCUT2D eigenvalue weighted by molar-refractivity contribution is 6.33. The smallest absolute Gasteiger partial charge is 0.305 e. The first-order valence-electron chi connectivity index (χ1n) is 12.7. The summed E-state index contributed by atoms with van der Waals surface area (Å²) in [6, 6.07) is 13.1. The zero-order chi connectivity index (χ0) is 30.6. The van der Waals surface area contributed by atoms with Gasteiger partial charge in [-0.25, -0.2) is 0 Å². The number of fused-ring (bicyclic) bond motifs is 1. The summed E-state index contributed by atoms with van der Waals surface area (Å²) in [6.07, 6.45) is 0.150. The van der Waals surface area contributed by atoms with E-state index in [0.717, 1.165) is 12.1 Å². The molecule has 1 N–H and O–H groups in total. The van der Waals surface area contributed by atoms with Gasteiger partial charge in [0.25, 0.3) is 17.5 Å². The molecular weight excluding hydrogens is 570 g/mol. The molecule has 1 aliphatic rings. The molecule has 42 heavy (non-hydrogen) atoms. The van der Waals surface area contributed by atoms with Crippen LogP contribution in [0.2, 0.25) is 5.02 Å². The average Bonchev–Trinajstić information content (AvgIpc) is 3.21. The fraction of sp³-hybridized carbons (Fsp3) is 0.222. The molecule has 0 atom stereocenters. The predicted molar refractivity (Wildman–Crippen MR) is 154 cm³/mol. The Hall–Kier alpha value is -5.24. The second-order valence-corrected chi connectivity index (χ2v) is 9.41. The lowest BCUT2D eigenvalue weighted by Crippen LogP contribution is -2.38. The molecule has 3 aromatic rings. The number of azo groups is 1. The Morgan fingerprint density at radius 3 is 2.21 bits per heavy atom. The van der Waals surface area contributed by atoms with Crippen molar-refractivity contribution in [2.45, 2.75) is 20.3 Å². The van der Waals surface area contributed by atoms with Crippen molar-refractivity contribution in [3.63, 3.8) is 0 Å². The van der Waals surface area contributed by atoms with Gasteiger partial charge in [-0.1, -0.05) is 30.7 Å². The van der Waals surface area contributed by atoms with E-state index in [1.165, 1.54) is 11.0 Å². The van der Waals surface area contributed by atoms with E-state index in [1.807, 2.05) is 11.8 Å². The SMILES string of the molecule is CCC(=O)Nc1cc(N(CC)CCN2C(=O)c3ccccc3C2=O)ccc1/N=N/c1c(Cl)cc([N+](=O)[O-])cc1[N+](=O)[O-]. The van der Waals surface area contributed by atoms with Gasteiger partial charge in [-0.05, 0) is 37.3 Å².